The Morgan fingerprint density at radius 2 is 1.92 bits per heavy atom. The summed E-state index contributed by atoms with van der Waals surface area (Å²) in [6, 6.07) is 17.3. The third kappa shape index (κ3) is 4.00. The Hall–Kier alpha value is -3.63. The van der Waals surface area contributed by atoms with Crippen LogP contribution in [0.1, 0.15) is 41.6 Å². The largest absolute Gasteiger partial charge is 0.506 e. The van der Waals surface area contributed by atoms with E-state index in [0.29, 0.717) is 17.9 Å². The molecule has 188 valence electrons. The van der Waals surface area contributed by atoms with Crippen LogP contribution in [-0.2, 0) is 11.3 Å². The minimum absolute atomic E-state index is 0.00137. The predicted molar refractivity (Wildman–Crippen MR) is 140 cm³/mol. The van der Waals surface area contributed by atoms with Gasteiger partial charge in [0.05, 0.1) is 11.6 Å². The first-order valence-electron chi connectivity index (χ1n) is 11.8. The fraction of sp³-hybridized carbons (Fsp3) is 0.269. The number of phenolic OH excluding ortho intramolecular Hbond substituents is 1. The number of tetrazole rings is 1. The molecule has 2 N–H and O–H groups in total. The van der Waals surface area contributed by atoms with Crippen LogP contribution < -0.4 is 5.32 Å². The lowest BCUT2D eigenvalue weighted by molar-refractivity contribution is -0.149. The van der Waals surface area contributed by atoms with E-state index in [0.717, 1.165) is 16.3 Å². The molecule has 0 saturated carbocycles. The number of benzene rings is 3. The summed E-state index contributed by atoms with van der Waals surface area (Å²) < 4.78 is 1.24. The number of thioether (sulfide) groups is 1. The van der Waals surface area contributed by atoms with Crippen molar-refractivity contribution in [2.45, 2.75) is 42.6 Å². The molecule has 2 saturated heterocycles. The van der Waals surface area contributed by atoms with Crippen LogP contribution in [0, 0.1) is 0 Å². The summed E-state index contributed by atoms with van der Waals surface area (Å²) in [5.74, 6) is 0.113. The van der Waals surface area contributed by atoms with E-state index in [9.17, 15) is 14.7 Å². The minimum atomic E-state index is -0.631. The zero-order valence-corrected chi connectivity index (χ0v) is 21.6. The molecule has 2 unspecified atom stereocenters. The maximum atomic E-state index is 13.3. The highest BCUT2D eigenvalue weighted by atomic mass is 35.5. The first-order valence-corrected chi connectivity index (χ1v) is 13.0. The highest BCUT2D eigenvalue weighted by Crippen LogP contribution is 2.57. The summed E-state index contributed by atoms with van der Waals surface area (Å²) in [5, 5.41) is 27.0. The molecule has 0 aliphatic carbocycles. The second-order valence-corrected chi connectivity index (χ2v) is 11.9. The molecule has 3 atom stereocenters. The van der Waals surface area contributed by atoms with Crippen LogP contribution in [0.3, 0.4) is 0 Å². The molecular weight excluding hydrogens is 512 g/mol. The first-order chi connectivity index (χ1) is 17.7. The smallest absolute Gasteiger partial charge is 0.252 e. The van der Waals surface area contributed by atoms with Gasteiger partial charge in [-0.2, -0.15) is 0 Å². The van der Waals surface area contributed by atoms with Gasteiger partial charge < -0.3 is 15.3 Å². The zero-order valence-electron chi connectivity index (χ0n) is 20.0. The van der Waals surface area contributed by atoms with E-state index in [1.807, 2.05) is 50.2 Å². The van der Waals surface area contributed by atoms with Gasteiger partial charge in [0.25, 0.3) is 5.91 Å². The topological polar surface area (TPSA) is 113 Å². The highest BCUT2D eigenvalue weighted by molar-refractivity contribution is 8.01. The third-order valence-corrected chi connectivity index (χ3v) is 8.76. The number of nitrogens with one attached hydrogen (secondary N) is 1. The van der Waals surface area contributed by atoms with Crippen LogP contribution in [0.4, 0.5) is 0 Å². The Labute approximate surface area is 221 Å². The molecule has 2 amide bonds. The van der Waals surface area contributed by atoms with E-state index < -0.39 is 10.8 Å². The molecule has 6 rings (SSSR count). The number of carbonyl (C=O) groups is 2. The summed E-state index contributed by atoms with van der Waals surface area (Å²) >= 11 is 7.69. The number of aromatic nitrogens is 4. The molecule has 0 radical (unpaired) electrons. The van der Waals surface area contributed by atoms with Crippen molar-refractivity contribution < 1.29 is 14.7 Å². The summed E-state index contributed by atoms with van der Waals surface area (Å²) in [4.78, 5) is 28.2. The van der Waals surface area contributed by atoms with Crippen molar-refractivity contribution in [3.05, 3.63) is 82.6 Å². The van der Waals surface area contributed by atoms with Crippen molar-refractivity contribution in [3.63, 3.8) is 0 Å². The SMILES string of the molecule is CC1(C)S[C@H]2C(NC(=O)c3ccc4ccccc4c3)C(=O)N2C1c1nnnn1Cc1ccc(O)c(Cl)c1. The number of hydrogen-bond acceptors (Lipinski definition) is 7. The van der Waals surface area contributed by atoms with Gasteiger partial charge in [-0.05, 0) is 64.9 Å². The number of fused-ring (bicyclic) bond motifs is 2. The van der Waals surface area contributed by atoms with Crippen LogP contribution in [0.2, 0.25) is 5.02 Å². The van der Waals surface area contributed by atoms with Crippen LogP contribution in [0.25, 0.3) is 10.8 Å². The van der Waals surface area contributed by atoms with Gasteiger partial charge in [-0.3, -0.25) is 9.59 Å². The van der Waals surface area contributed by atoms with E-state index in [4.69, 9.17) is 11.6 Å². The summed E-state index contributed by atoms with van der Waals surface area (Å²) in [5.41, 5.74) is 1.33. The zero-order chi connectivity index (χ0) is 25.9. The van der Waals surface area contributed by atoms with Crippen LogP contribution in [-0.4, -0.2) is 58.2 Å². The van der Waals surface area contributed by atoms with Gasteiger partial charge in [-0.15, -0.1) is 16.9 Å². The molecule has 0 spiro atoms. The van der Waals surface area contributed by atoms with Gasteiger partial charge in [-0.25, -0.2) is 4.68 Å². The van der Waals surface area contributed by atoms with Crippen molar-refractivity contribution in [2.75, 3.05) is 0 Å². The normalized spacial score (nSPS) is 22.1. The average Bonchev–Trinajstić information content (AvgIpc) is 3.43. The Morgan fingerprint density at radius 1 is 1.14 bits per heavy atom. The molecule has 2 fully saturated rings. The molecule has 11 heteroatoms. The number of halogens is 1. The lowest BCUT2D eigenvalue weighted by Crippen LogP contribution is -2.68. The Bertz CT molecular complexity index is 1560. The predicted octanol–water partition coefficient (Wildman–Crippen LogP) is 3.77. The van der Waals surface area contributed by atoms with Crippen LogP contribution in [0.5, 0.6) is 5.75 Å². The summed E-state index contributed by atoms with van der Waals surface area (Å²) in [7, 11) is 0. The van der Waals surface area contributed by atoms with Crippen molar-refractivity contribution in [1.82, 2.24) is 30.4 Å². The second kappa shape index (κ2) is 8.74. The van der Waals surface area contributed by atoms with E-state index in [-0.39, 0.29) is 34.0 Å². The van der Waals surface area contributed by atoms with E-state index in [2.05, 4.69) is 20.8 Å². The fourth-order valence-corrected chi connectivity index (χ4v) is 6.89. The molecule has 2 aliphatic rings. The lowest BCUT2D eigenvalue weighted by Gasteiger charge is -2.44. The Balaban J connectivity index is 1.22. The van der Waals surface area contributed by atoms with Gasteiger partial charge in [-0.1, -0.05) is 48.0 Å². The third-order valence-electron chi connectivity index (χ3n) is 6.89. The van der Waals surface area contributed by atoms with E-state index >= 15 is 0 Å². The second-order valence-electron chi connectivity index (χ2n) is 9.75. The monoisotopic (exact) mass is 534 g/mol. The highest BCUT2D eigenvalue weighted by Gasteiger charge is 2.63. The molecule has 3 heterocycles. The molecule has 0 bridgehead atoms. The van der Waals surface area contributed by atoms with E-state index in [1.54, 1.807) is 39.5 Å². The molecule has 1 aromatic heterocycles. The number of carbonyl (C=O) groups excluding carboxylic acids is 2. The molecule has 37 heavy (non-hydrogen) atoms. The molecule has 2 aliphatic heterocycles. The quantitative estimate of drug-likeness (QED) is 0.375. The summed E-state index contributed by atoms with van der Waals surface area (Å²) in [6.07, 6.45) is 0. The van der Waals surface area contributed by atoms with Crippen LogP contribution >= 0.6 is 23.4 Å². The average molecular weight is 535 g/mol. The maximum Gasteiger partial charge on any atom is 0.252 e. The van der Waals surface area contributed by atoms with Gasteiger partial charge in [0.2, 0.25) is 5.91 Å². The standard InChI is InChI=1S/C26H23ClN6O3S/c1-26(2)21(22-29-30-31-32(22)13-14-7-10-19(34)18(27)11-14)33-24(36)20(25(33)37-26)28-23(35)17-9-8-15-5-3-4-6-16(15)12-17/h3-12,20-21,25,34H,13H2,1-2H3,(H,28,35)/t20?,21?,25-/m0/s1. The number of hydrogen-bond donors (Lipinski definition) is 2. The maximum absolute atomic E-state index is 13.3. The number of amides is 2. The van der Waals surface area contributed by atoms with E-state index in [1.165, 1.54) is 6.07 Å². The van der Waals surface area contributed by atoms with Gasteiger partial charge >= 0.3 is 0 Å². The summed E-state index contributed by atoms with van der Waals surface area (Å²) in [6.45, 7) is 4.42. The van der Waals surface area contributed by atoms with Crippen molar-refractivity contribution in [2.24, 2.45) is 0 Å². The number of phenols is 1. The van der Waals surface area contributed by atoms with Crippen molar-refractivity contribution in [1.29, 1.82) is 0 Å². The molecule has 4 aromatic rings. The number of aromatic hydroxyl groups is 1. The van der Waals surface area contributed by atoms with Gasteiger partial charge in [0, 0.05) is 10.3 Å². The Kier molecular flexibility index (Phi) is 5.61. The minimum Gasteiger partial charge on any atom is -0.506 e. The van der Waals surface area contributed by atoms with Crippen LogP contribution in [0.15, 0.2) is 60.7 Å². The lowest BCUT2D eigenvalue weighted by atomic mass is 9.95. The van der Waals surface area contributed by atoms with Crippen molar-refractivity contribution >= 4 is 45.9 Å². The number of β-lactam (4-membered cyclic amide) rings is 1. The number of nitrogens with zero attached hydrogens (tertiary/aromatic N) is 5. The molecular formula is C26H23ClN6O3S. The Morgan fingerprint density at radius 3 is 2.70 bits per heavy atom. The van der Waals surface area contributed by atoms with Gasteiger partial charge in [0.1, 0.15) is 23.2 Å². The van der Waals surface area contributed by atoms with Gasteiger partial charge in [0.15, 0.2) is 5.82 Å². The molecule has 3 aromatic carbocycles. The van der Waals surface area contributed by atoms with Crippen molar-refractivity contribution in [3.8, 4) is 5.75 Å². The fourth-order valence-electron chi connectivity index (χ4n) is 5.06. The molecule has 9 nitrogen and oxygen atoms in total. The number of rotatable bonds is 5. The first kappa shape index (κ1) is 23.7.